The molecule has 0 aliphatic carbocycles. The average Bonchev–Trinajstić information content (AvgIpc) is 2.04. The quantitative estimate of drug-likeness (QED) is 0.410. The summed E-state index contributed by atoms with van der Waals surface area (Å²) >= 11 is 0. The molecule has 3 nitrogen and oxygen atoms in total. The number of carbonyl (C=O) groups excluding carboxylic acids is 1. The summed E-state index contributed by atoms with van der Waals surface area (Å²) in [6.45, 7) is 4.66. The second-order valence-corrected chi connectivity index (χ2v) is 29.0. The van der Waals surface area contributed by atoms with Crippen LogP contribution in [0.25, 0.3) is 0 Å². The maximum Gasteiger partial charge on any atom is 0.302 e. The lowest BCUT2D eigenvalue weighted by Crippen LogP contribution is -2.45. The van der Waals surface area contributed by atoms with E-state index < -0.39 is 0 Å². The molecule has 0 amide bonds. The Balaban J connectivity index is 2.18. The molecule has 1 rings (SSSR count). The fraction of sp³-hybridized carbons (Fsp3) is 0.833. The highest BCUT2D eigenvalue weighted by Gasteiger charge is 2.20. The van der Waals surface area contributed by atoms with Crippen molar-refractivity contribution in [2.24, 2.45) is 0 Å². The van der Waals surface area contributed by atoms with Crippen molar-refractivity contribution in [3.8, 4) is 0 Å². The van der Waals surface area contributed by atoms with E-state index in [4.69, 9.17) is 9.16 Å². The lowest BCUT2D eigenvalue weighted by atomic mass is 10.8. The third-order valence-corrected chi connectivity index (χ3v) is 40.5. The number of esters is 1. The molecule has 0 radical (unpaired) electrons. The first-order valence-electron chi connectivity index (χ1n) is 4.93. The lowest BCUT2D eigenvalue weighted by molar-refractivity contribution is -0.142. The first-order valence-corrected chi connectivity index (χ1v) is 17.7. The van der Waals surface area contributed by atoms with Gasteiger partial charge in [0.25, 0.3) is 0 Å². The van der Waals surface area contributed by atoms with Crippen LogP contribution in [0.4, 0.5) is 0 Å². The summed E-state index contributed by atoms with van der Waals surface area (Å²) < 4.78 is 10.7. The van der Waals surface area contributed by atoms with E-state index in [0.717, 1.165) is 6.61 Å². The minimum atomic E-state index is -0.306. The van der Waals surface area contributed by atoms with Gasteiger partial charge in [-0.2, -0.15) is 0 Å². The predicted octanol–water partition coefficient (Wildman–Crippen LogP) is -2.52. The van der Waals surface area contributed by atoms with Gasteiger partial charge in [0.2, 0.25) is 0 Å². The molecule has 7 heteroatoms. The van der Waals surface area contributed by atoms with Crippen molar-refractivity contribution in [2.75, 3.05) is 6.61 Å². The van der Waals surface area contributed by atoms with Crippen molar-refractivity contribution in [2.45, 2.75) is 25.6 Å². The van der Waals surface area contributed by atoms with Crippen molar-refractivity contribution in [3.05, 3.63) is 0 Å². The van der Waals surface area contributed by atoms with Gasteiger partial charge in [-0.25, -0.2) is 0 Å². The molecule has 0 saturated carbocycles. The number of hydrogen-bond donors (Lipinski definition) is 0. The molecule has 13 heavy (non-hydrogen) atoms. The molecule has 1 aliphatic rings. The summed E-state index contributed by atoms with van der Waals surface area (Å²) in [4.78, 5) is 10.7. The maximum absolute atomic E-state index is 10.7. The Kier molecular flexibility index (Phi) is 5.17. The molecule has 0 spiro atoms. The minimum Gasteiger partial charge on any atom is -0.468 e. The highest BCUT2D eigenvalue weighted by atomic mass is 29.7. The Bertz CT molecular complexity index is 171. The van der Waals surface area contributed by atoms with Crippen LogP contribution in [0.2, 0.25) is 6.04 Å². The van der Waals surface area contributed by atoms with Crippen molar-refractivity contribution in [3.63, 3.8) is 0 Å². The van der Waals surface area contributed by atoms with Crippen LogP contribution in [0.5, 0.6) is 0 Å². The summed E-state index contributed by atoms with van der Waals surface area (Å²) in [6.07, 6.45) is 0. The summed E-state index contributed by atoms with van der Waals surface area (Å²) in [7, 11) is -0.0885. The van der Waals surface area contributed by atoms with E-state index in [-0.39, 0.29) is 40.7 Å². The van der Waals surface area contributed by atoms with Gasteiger partial charge in [-0.05, 0) is 13.0 Å². The topological polar surface area (TPSA) is 35.5 Å². The average molecular weight is 251 g/mol. The first kappa shape index (κ1) is 11.4. The monoisotopic (exact) mass is 250 g/mol. The fourth-order valence-electron chi connectivity index (χ4n) is 1.78. The van der Waals surface area contributed by atoms with Crippen LogP contribution >= 0.6 is 0 Å². The molecule has 2 atom stereocenters. The van der Waals surface area contributed by atoms with Crippen molar-refractivity contribution in [1.82, 2.24) is 0 Å². The molecule has 1 fully saturated rings. The highest BCUT2D eigenvalue weighted by Crippen LogP contribution is 2.00. The van der Waals surface area contributed by atoms with E-state index >= 15 is 0 Å². The zero-order valence-electron chi connectivity index (χ0n) is 8.41. The Labute approximate surface area is 87.1 Å². The molecular formula is C6H18O3Si4. The molecule has 1 heterocycles. The van der Waals surface area contributed by atoms with Gasteiger partial charge in [-0.3, -0.25) is 4.79 Å². The smallest absolute Gasteiger partial charge is 0.302 e. The van der Waals surface area contributed by atoms with Crippen LogP contribution in [-0.2, 0) is 14.0 Å². The molecule has 1 saturated heterocycles. The maximum atomic E-state index is 10.7. The van der Waals surface area contributed by atoms with E-state index in [9.17, 15) is 4.79 Å². The van der Waals surface area contributed by atoms with Crippen LogP contribution in [0.1, 0.15) is 13.8 Å². The van der Waals surface area contributed by atoms with Gasteiger partial charge in [0.15, 0.2) is 0 Å². The van der Waals surface area contributed by atoms with E-state index in [0.29, 0.717) is 5.73 Å². The molecule has 0 aromatic heterocycles. The van der Waals surface area contributed by atoms with E-state index in [1.807, 2.05) is 0 Å². The van der Waals surface area contributed by atoms with E-state index in [1.165, 1.54) is 13.0 Å². The Morgan fingerprint density at radius 2 is 2.54 bits per heavy atom. The van der Waals surface area contributed by atoms with Gasteiger partial charge in [0.1, 0.15) is 9.28 Å². The summed E-state index contributed by atoms with van der Waals surface area (Å²) in [5.41, 5.74) is 0.314. The van der Waals surface area contributed by atoms with Crippen molar-refractivity contribution >= 4 is 40.7 Å². The van der Waals surface area contributed by atoms with Crippen LogP contribution in [-0.4, -0.2) is 53.0 Å². The first-order chi connectivity index (χ1) is 6.18. The molecule has 2 unspecified atom stereocenters. The van der Waals surface area contributed by atoms with E-state index in [1.54, 1.807) is 0 Å². The second kappa shape index (κ2) is 5.91. The van der Waals surface area contributed by atoms with E-state index in [2.05, 4.69) is 6.92 Å². The van der Waals surface area contributed by atoms with Crippen LogP contribution in [0, 0.1) is 0 Å². The largest absolute Gasteiger partial charge is 0.468 e. The third-order valence-electron chi connectivity index (χ3n) is 2.37. The summed E-state index contributed by atoms with van der Waals surface area (Å²) in [5.74, 6) is -0.0972. The lowest BCUT2D eigenvalue weighted by Gasteiger charge is -2.22. The Morgan fingerprint density at radius 1 is 1.77 bits per heavy atom. The zero-order valence-corrected chi connectivity index (χ0v) is 13.8. The van der Waals surface area contributed by atoms with Gasteiger partial charge in [0.05, 0.1) is 14.8 Å². The second-order valence-electron chi connectivity index (χ2n) is 3.71. The van der Waals surface area contributed by atoms with Gasteiger partial charge >= 0.3 is 5.97 Å². The summed E-state index contributed by atoms with van der Waals surface area (Å²) in [6, 6.07) is 1.40. The Hall–Kier alpha value is 0.298. The minimum absolute atomic E-state index is 0.0141. The normalized spacial score (nSPS) is 29.8. The van der Waals surface area contributed by atoms with Crippen LogP contribution in [0.3, 0.4) is 0 Å². The third kappa shape index (κ3) is 4.91. The van der Waals surface area contributed by atoms with Gasteiger partial charge in [0, 0.05) is 29.9 Å². The van der Waals surface area contributed by atoms with Crippen LogP contribution < -0.4 is 0 Å². The number of carbonyl (C=O) groups is 1. The Morgan fingerprint density at radius 3 is 3.08 bits per heavy atom. The molecule has 0 bridgehead atoms. The standard InChI is InChI=1S/C6H18O3Si4/c1-5(7)9-6(2)10-13-4-3-8-11-12-13/h6,13H,3-4,10-12H2,1-2H3. The molecular weight excluding hydrogens is 232 g/mol. The predicted molar refractivity (Wildman–Crippen MR) is 64.8 cm³/mol. The molecule has 1 aliphatic heterocycles. The van der Waals surface area contributed by atoms with Gasteiger partial charge < -0.3 is 9.16 Å². The summed E-state index contributed by atoms with van der Waals surface area (Å²) in [5, 5.41) is 0. The molecule has 0 aromatic carbocycles. The number of rotatable bonds is 3. The zero-order chi connectivity index (χ0) is 9.68. The molecule has 76 valence electrons. The van der Waals surface area contributed by atoms with Crippen molar-refractivity contribution < 1.29 is 14.0 Å². The number of ether oxygens (including phenoxy) is 1. The molecule has 0 aromatic rings. The van der Waals surface area contributed by atoms with Crippen molar-refractivity contribution in [1.29, 1.82) is 0 Å². The SMILES string of the molecule is CC(=O)OC(C)[SiH2][SiH]1CCO[SiH2][SiH2]1. The molecule has 0 N–H and O–H groups in total. The number of hydrogen-bond acceptors (Lipinski definition) is 3. The fourth-order valence-corrected chi connectivity index (χ4v) is 38.3. The van der Waals surface area contributed by atoms with Gasteiger partial charge in [-0.1, -0.05) is 0 Å². The highest BCUT2D eigenvalue weighted by molar-refractivity contribution is 7.52. The van der Waals surface area contributed by atoms with Crippen LogP contribution in [0.15, 0.2) is 0 Å². The van der Waals surface area contributed by atoms with Gasteiger partial charge in [-0.15, -0.1) is 0 Å².